The molecule has 3 rings (SSSR count). The van der Waals surface area contributed by atoms with E-state index in [1.54, 1.807) is 20.1 Å². The van der Waals surface area contributed by atoms with Crippen molar-refractivity contribution in [3.63, 3.8) is 0 Å². The van der Waals surface area contributed by atoms with Crippen LogP contribution in [0.2, 0.25) is 0 Å². The van der Waals surface area contributed by atoms with Gasteiger partial charge in [0, 0.05) is 6.54 Å². The summed E-state index contributed by atoms with van der Waals surface area (Å²) in [6.07, 6.45) is 0. The van der Waals surface area contributed by atoms with E-state index in [9.17, 15) is 9.59 Å². The summed E-state index contributed by atoms with van der Waals surface area (Å²) in [7, 11) is 3.47. The first kappa shape index (κ1) is 18.9. The van der Waals surface area contributed by atoms with Gasteiger partial charge in [-0.15, -0.1) is 0 Å². The van der Waals surface area contributed by atoms with Crippen LogP contribution in [0, 0.1) is 6.92 Å². The molecule has 2 aromatic rings. The van der Waals surface area contributed by atoms with Gasteiger partial charge in [-0.25, -0.2) is 9.69 Å². The number of aryl methyl sites for hydroxylation is 1. The van der Waals surface area contributed by atoms with Gasteiger partial charge >= 0.3 is 6.03 Å². The highest BCUT2D eigenvalue weighted by molar-refractivity contribution is 6.07. The number of hydrogen-bond acceptors (Lipinski definition) is 4. The number of nitrogens with one attached hydrogen (secondary N) is 1. The van der Waals surface area contributed by atoms with Crippen molar-refractivity contribution in [2.75, 3.05) is 20.8 Å². The van der Waals surface area contributed by atoms with Gasteiger partial charge in [-0.05, 0) is 49.7 Å². The minimum absolute atomic E-state index is 0.221. The fraction of sp³-hybridized carbons (Fsp3) is 0.333. The summed E-state index contributed by atoms with van der Waals surface area (Å²) < 4.78 is 5.24. The number of benzene rings is 2. The number of carbonyl (C=O) groups excluding carboxylic acids is 2. The number of urea groups is 1. The highest BCUT2D eigenvalue weighted by atomic mass is 16.5. The first-order valence-corrected chi connectivity index (χ1v) is 8.87. The Kier molecular flexibility index (Phi) is 5.19. The van der Waals surface area contributed by atoms with Crippen LogP contribution in [0.3, 0.4) is 0 Å². The first-order valence-electron chi connectivity index (χ1n) is 8.87. The molecule has 0 radical (unpaired) electrons. The van der Waals surface area contributed by atoms with Gasteiger partial charge in [0.05, 0.1) is 13.8 Å². The number of carbonyl (C=O) groups is 2. The van der Waals surface area contributed by atoms with Crippen molar-refractivity contribution in [3.8, 4) is 5.75 Å². The molecule has 0 spiro atoms. The van der Waals surface area contributed by atoms with E-state index in [4.69, 9.17) is 4.74 Å². The number of hydrogen-bond donors (Lipinski definition) is 1. The van der Waals surface area contributed by atoms with Crippen LogP contribution in [0.1, 0.15) is 23.6 Å². The van der Waals surface area contributed by atoms with E-state index >= 15 is 0 Å². The maximum absolute atomic E-state index is 13.1. The molecule has 6 nitrogen and oxygen atoms in total. The normalized spacial score (nSPS) is 19.5. The lowest BCUT2D eigenvalue weighted by Gasteiger charge is -2.25. The maximum atomic E-state index is 13.1. The third kappa shape index (κ3) is 3.66. The molecule has 1 aliphatic rings. The summed E-state index contributed by atoms with van der Waals surface area (Å²) in [6.45, 7) is 4.65. The average Bonchev–Trinajstić information content (AvgIpc) is 2.88. The lowest BCUT2D eigenvalue weighted by atomic mass is 9.92. The monoisotopic (exact) mass is 367 g/mol. The molecule has 3 amide bonds. The number of nitrogens with zero attached hydrogens (tertiary/aromatic N) is 2. The molecule has 0 saturated carbocycles. The Bertz CT molecular complexity index is 867. The van der Waals surface area contributed by atoms with Crippen LogP contribution in [-0.2, 0) is 16.9 Å². The highest BCUT2D eigenvalue weighted by Gasteiger charge is 2.49. The Balaban J connectivity index is 1.76. The summed E-state index contributed by atoms with van der Waals surface area (Å²) in [5.74, 6) is 0.378. The van der Waals surface area contributed by atoms with Crippen molar-refractivity contribution >= 4 is 11.9 Å². The van der Waals surface area contributed by atoms with Crippen molar-refractivity contribution in [2.24, 2.45) is 0 Å². The number of imide groups is 1. The molecule has 0 bridgehead atoms. The quantitative estimate of drug-likeness (QED) is 0.798. The van der Waals surface area contributed by atoms with Gasteiger partial charge in [-0.3, -0.25) is 9.69 Å². The van der Waals surface area contributed by atoms with Gasteiger partial charge in [0.15, 0.2) is 0 Å². The number of rotatable bonds is 6. The van der Waals surface area contributed by atoms with E-state index in [2.05, 4.69) is 24.4 Å². The third-order valence-electron chi connectivity index (χ3n) is 5.01. The Morgan fingerprint density at radius 3 is 2.59 bits per heavy atom. The fourth-order valence-corrected chi connectivity index (χ4v) is 3.32. The minimum atomic E-state index is -1.10. The second-order valence-electron chi connectivity index (χ2n) is 7.10. The summed E-state index contributed by atoms with van der Waals surface area (Å²) in [4.78, 5) is 28.8. The molecule has 1 atom stereocenters. The van der Waals surface area contributed by atoms with E-state index in [1.807, 2.05) is 42.3 Å². The third-order valence-corrected chi connectivity index (χ3v) is 5.01. The molecule has 0 aliphatic carbocycles. The van der Waals surface area contributed by atoms with Crippen LogP contribution in [0.15, 0.2) is 48.5 Å². The molecule has 1 heterocycles. The molecule has 27 heavy (non-hydrogen) atoms. The second-order valence-corrected chi connectivity index (χ2v) is 7.10. The summed E-state index contributed by atoms with van der Waals surface area (Å²) in [6, 6.07) is 14.9. The Morgan fingerprint density at radius 2 is 1.89 bits per heavy atom. The molecule has 142 valence electrons. The van der Waals surface area contributed by atoms with Gasteiger partial charge in [0.1, 0.15) is 11.3 Å². The van der Waals surface area contributed by atoms with Gasteiger partial charge in [0.2, 0.25) is 0 Å². The molecule has 1 saturated heterocycles. The standard InChI is InChI=1S/C21H25N3O3/c1-15-8-5-6-9-16(15)13-23(3)14-24-19(25)21(2,22-20(24)26)17-10-7-11-18(12-17)27-4/h5-12H,13-14H2,1-4H3,(H,22,26)/t21-/m1/s1. The molecule has 1 aliphatic heterocycles. The molecule has 6 heteroatoms. The van der Waals surface area contributed by atoms with Crippen LogP contribution in [0.4, 0.5) is 4.79 Å². The van der Waals surface area contributed by atoms with Crippen molar-refractivity contribution in [1.82, 2.24) is 15.1 Å². The number of methoxy groups -OCH3 is 1. The maximum Gasteiger partial charge on any atom is 0.326 e. The predicted octanol–water partition coefficient (Wildman–Crippen LogP) is 2.86. The van der Waals surface area contributed by atoms with E-state index in [0.717, 1.165) is 0 Å². The van der Waals surface area contributed by atoms with Crippen molar-refractivity contribution in [3.05, 3.63) is 65.2 Å². The molecule has 0 unspecified atom stereocenters. The van der Waals surface area contributed by atoms with Crippen molar-refractivity contribution < 1.29 is 14.3 Å². The van der Waals surface area contributed by atoms with Crippen LogP contribution >= 0.6 is 0 Å². The molecule has 0 aromatic heterocycles. The topological polar surface area (TPSA) is 61.9 Å². The average molecular weight is 367 g/mol. The van der Waals surface area contributed by atoms with E-state index in [1.165, 1.54) is 16.0 Å². The lowest BCUT2D eigenvalue weighted by molar-refractivity contribution is -0.132. The Morgan fingerprint density at radius 1 is 1.15 bits per heavy atom. The van der Waals surface area contributed by atoms with Gasteiger partial charge in [-0.2, -0.15) is 0 Å². The van der Waals surface area contributed by atoms with Crippen LogP contribution in [0.25, 0.3) is 0 Å². The van der Waals surface area contributed by atoms with E-state index < -0.39 is 5.54 Å². The zero-order chi connectivity index (χ0) is 19.6. The van der Waals surface area contributed by atoms with Crippen LogP contribution < -0.4 is 10.1 Å². The molecule has 1 fully saturated rings. The van der Waals surface area contributed by atoms with E-state index in [0.29, 0.717) is 17.9 Å². The fourth-order valence-electron chi connectivity index (χ4n) is 3.32. The van der Waals surface area contributed by atoms with Crippen molar-refractivity contribution in [2.45, 2.75) is 25.9 Å². The van der Waals surface area contributed by atoms with Crippen LogP contribution in [0.5, 0.6) is 5.75 Å². The highest BCUT2D eigenvalue weighted by Crippen LogP contribution is 2.31. The largest absolute Gasteiger partial charge is 0.497 e. The molecular weight excluding hydrogens is 342 g/mol. The Hall–Kier alpha value is -2.86. The predicted molar refractivity (Wildman–Crippen MR) is 103 cm³/mol. The van der Waals surface area contributed by atoms with Crippen LogP contribution in [-0.4, -0.2) is 42.6 Å². The van der Waals surface area contributed by atoms with Gasteiger partial charge in [0.25, 0.3) is 5.91 Å². The Labute approximate surface area is 159 Å². The smallest absolute Gasteiger partial charge is 0.326 e. The van der Waals surface area contributed by atoms with Gasteiger partial charge in [-0.1, -0.05) is 36.4 Å². The minimum Gasteiger partial charge on any atom is -0.497 e. The lowest BCUT2D eigenvalue weighted by Crippen LogP contribution is -2.42. The summed E-state index contributed by atoms with van der Waals surface area (Å²) in [5.41, 5.74) is 1.95. The zero-order valence-corrected chi connectivity index (χ0v) is 16.2. The number of amides is 3. The number of ether oxygens (including phenoxy) is 1. The van der Waals surface area contributed by atoms with Crippen molar-refractivity contribution in [1.29, 1.82) is 0 Å². The zero-order valence-electron chi connectivity index (χ0n) is 16.2. The summed E-state index contributed by atoms with van der Waals surface area (Å²) in [5, 5.41) is 2.83. The molecule has 1 N–H and O–H groups in total. The first-order chi connectivity index (χ1) is 12.8. The molecular formula is C21H25N3O3. The van der Waals surface area contributed by atoms with Gasteiger partial charge < -0.3 is 10.1 Å². The second kappa shape index (κ2) is 7.40. The summed E-state index contributed by atoms with van der Waals surface area (Å²) >= 11 is 0. The van der Waals surface area contributed by atoms with E-state index in [-0.39, 0.29) is 18.6 Å². The SMILES string of the molecule is COc1cccc([C@@]2(C)NC(=O)N(CN(C)Cc3ccccc3C)C2=O)c1. The molecule has 2 aromatic carbocycles.